The van der Waals surface area contributed by atoms with Gasteiger partial charge in [0, 0.05) is 13.1 Å². The molecule has 0 aromatic heterocycles. The predicted octanol–water partition coefficient (Wildman–Crippen LogP) is -0.820. The van der Waals surface area contributed by atoms with Crippen LogP contribution in [0.25, 0.3) is 0 Å². The van der Waals surface area contributed by atoms with Crippen LogP contribution in [0.2, 0.25) is 0 Å². The lowest BCUT2D eigenvalue weighted by Gasteiger charge is -2.29. The molecule has 0 spiro atoms. The summed E-state index contributed by atoms with van der Waals surface area (Å²) in [5.41, 5.74) is 2.23. The van der Waals surface area contributed by atoms with E-state index in [1.54, 1.807) is 0 Å². The first-order chi connectivity index (χ1) is 12.7. The number of hydroxylamine groups is 3. The summed E-state index contributed by atoms with van der Waals surface area (Å²) in [4.78, 5) is 43.2. The minimum Gasteiger partial charge on any atom is -0.465 e. The van der Waals surface area contributed by atoms with E-state index in [0.717, 1.165) is 4.90 Å². The van der Waals surface area contributed by atoms with Gasteiger partial charge in [0.25, 0.3) is 5.91 Å². The Labute approximate surface area is 154 Å². The summed E-state index contributed by atoms with van der Waals surface area (Å²) in [5.74, 6) is -0.602. The van der Waals surface area contributed by atoms with E-state index in [-0.39, 0.29) is 25.6 Å². The van der Waals surface area contributed by atoms with Crippen LogP contribution in [0, 0.1) is 0 Å². The van der Waals surface area contributed by atoms with E-state index < -0.39 is 40.5 Å². The highest BCUT2D eigenvalue weighted by molar-refractivity contribution is 7.80. The monoisotopic (exact) mass is 408 g/mol. The summed E-state index contributed by atoms with van der Waals surface area (Å²) < 4.78 is 34.8. The van der Waals surface area contributed by atoms with Gasteiger partial charge in [-0.3, -0.25) is 14.2 Å². The average Bonchev–Trinajstić information content (AvgIpc) is 3.14. The molecule has 3 atom stereocenters. The first kappa shape index (κ1) is 19.6. The minimum absolute atomic E-state index is 0.0146. The number of hydrogen-bond acceptors (Lipinski definition) is 7. The van der Waals surface area contributed by atoms with Gasteiger partial charge in [0.2, 0.25) is 0 Å². The van der Waals surface area contributed by atoms with Crippen molar-refractivity contribution in [3.05, 3.63) is 0 Å². The molecular weight excluding hydrogens is 388 g/mol. The summed E-state index contributed by atoms with van der Waals surface area (Å²) in [7, 11) is -4.85. The van der Waals surface area contributed by atoms with Gasteiger partial charge in [0.05, 0.1) is 18.7 Å². The van der Waals surface area contributed by atoms with Gasteiger partial charge in [-0.1, -0.05) is 0 Å². The Kier molecular flexibility index (Phi) is 5.41. The van der Waals surface area contributed by atoms with Crippen molar-refractivity contribution in [2.24, 2.45) is 0 Å². The van der Waals surface area contributed by atoms with Gasteiger partial charge in [0.15, 0.2) is 0 Å². The number of carbonyl (C=O) groups excluding carboxylic acids is 2. The summed E-state index contributed by atoms with van der Waals surface area (Å²) in [6, 6.07) is -2.68. The molecule has 3 fully saturated rings. The van der Waals surface area contributed by atoms with Crippen LogP contribution < -0.4 is 5.48 Å². The molecule has 3 rings (SSSR count). The quantitative estimate of drug-likeness (QED) is 0.376. The van der Waals surface area contributed by atoms with E-state index in [1.165, 1.54) is 4.90 Å². The average molecular weight is 408 g/mol. The number of piperidine rings is 1. The molecule has 0 aromatic carbocycles. The van der Waals surface area contributed by atoms with E-state index in [1.807, 2.05) is 0 Å². The topological polar surface area (TPSA) is 166 Å². The summed E-state index contributed by atoms with van der Waals surface area (Å²) >= 11 is 0. The number of rotatable bonds is 6. The van der Waals surface area contributed by atoms with Crippen molar-refractivity contribution in [3.8, 4) is 0 Å². The van der Waals surface area contributed by atoms with Crippen molar-refractivity contribution < 1.29 is 41.6 Å². The van der Waals surface area contributed by atoms with Crippen molar-refractivity contribution in [2.75, 3.05) is 19.7 Å². The maximum atomic E-state index is 12.3. The lowest BCUT2D eigenvalue weighted by atomic mass is 10.0. The van der Waals surface area contributed by atoms with Crippen molar-refractivity contribution in [2.45, 2.75) is 43.8 Å². The molecule has 3 N–H and O–H groups in total. The van der Waals surface area contributed by atoms with E-state index in [0.29, 0.717) is 30.9 Å². The van der Waals surface area contributed by atoms with Crippen molar-refractivity contribution in [1.29, 1.82) is 0 Å². The maximum absolute atomic E-state index is 12.3. The second kappa shape index (κ2) is 7.46. The van der Waals surface area contributed by atoms with Gasteiger partial charge < -0.3 is 14.9 Å². The van der Waals surface area contributed by atoms with Crippen LogP contribution >= 0.6 is 0 Å². The maximum Gasteiger partial charge on any atom is 0.418 e. The second-order valence-corrected chi connectivity index (χ2v) is 7.56. The Bertz CT molecular complexity index is 729. The molecule has 152 valence electrons. The lowest BCUT2D eigenvalue weighted by Crippen LogP contribution is -2.50. The lowest BCUT2D eigenvalue weighted by molar-refractivity contribution is -0.139. The van der Waals surface area contributed by atoms with Crippen LogP contribution in [-0.4, -0.2) is 88.8 Å². The number of carbonyl (C=O) groups is 3. The largest absolute Gasteiger partial charge is 0.465 e. The number of fused-ring (bicyclic) bond motifs is 2. The number of nitrogens with zero attached hydrogens (tertiary/aromatic N) is 3. The van der Waals surface area contributed by atoms with Gasteiger partial charge in [-0.15, -0.1) is 4.28 Å². The van der Waals surface area contributed by atoms with Gasteiger partial charge in [-0.25, -0.2) is 15.1 Å². The number of amides is 4. The zero-order valence-corrected chi connectivity index (χ0v) is 15.0. The van der Waals surface area contributed by atoms with E-state index in [4.69, 9.17) is 14.5 Å². The Morgan fingerprint density at radius 1 is 1.26 bits per heavy atom. The minimum atomic E-state index is -4.85. The van der Waals surface area contributed by atoms with Gasteiger partial charge >= 0.3 is 22.5 Å². The molecule has 3 saturated heterocycles. The Balaban J connectivity index is 1.53. The van der Waals surface area contributed by atoms with Gasteiger partial charge in [0.1, 0.15) is 6.04 Å². The van der Waals surface area contributed by atoms with Crippen LogP contribution in [0.1, 0.15) is 25.7 Å². The number of likely N-dealkylation sites (tertiary alicyclic amines) is 1. The zero-order valence-electron chi connectivity index (χ0n) is 14.2. The van der Waals surface area contributed by atoms with Crippen LogP contribution in [0.4, 0.5) is 9.59 Å². The fourth-order valence-electron chi connectivity index (χ4n) is 3.64. The highest BCUT2D eigenvalue weighted by Gasteiger charge is 2.49. The molecule has 2 bridgehead atoms. The van der Waals surface area contributed by atoms with Crippen LogP contribution in [0.3, 0.4) is 0 Å². The molecule has 3 heterocycles. The number of urea groups is 1. The molecular formula is C13H20N4O9S. The molecule has 0 saturated carbocycles. The predicted molar refractivity (Wildman–Crippen MR) is 85.2 cm³/mol. The third kappa shape index (κ3) is 4.23. The molecule has 0 radical (unpaired) electrons. The van der Waals surface area contributed by atoms with E-state index in [9.17, 15) is 22.8 Å². The highest BCUT2D eigenvalue weighted by Crippen LogP contribution is 2.30. The second-order valence-electron chi connectivity index (χ2n) is 6.56. The van der Waals surface area contributed by atoms with Crippen molar-refractivity contribution in [3.63, 3.8) is 0 Å². The molecule has 0 aliphatic carbocycles. The molecule has 3 aliphatic rings. The SMILES string of the molecule is O=C(NOC[C@@H]1CCCN1C(=O)O)[C@@H]1CC[C@@H]2CN1C(=O)N2OS(=O)(=O)O. The summed E-state index contributed by atoms with van der Waals surface area (Å²) in [5, 5.41) is 9.61. The summed E-state index contributed by atoms with van der Waals surface area (Å²) in [6.07, 6.45) is 0.837. The van der Waals surface area contributed by atoms with E-state index >= 15 is 0 Å². The molecule has 4 amide bonds. The van der Waals surface area contributed by atoms with Crippen LogP contribution in [0.5, 0.6) is 0 Å². The Morgan fingerprint density at radius 3 is 2.67 bits per heavy atom. The zero-order chi connectivity index (χ0) is 19.8. The third-order valence-electron chi connectivity index (χ3n) is 4.87. The number of hydrogen-bond donors (Lipinski definition) is 3. The molecule has 0 unspecified atom stereocenters. The van der Waals surface area contributed by atoms with Crippen molar-refractivity contribution >= 4 is 28.4 Å². The smallest absolute Gasteiger partial charge is 0.418 e. The standard InChI is InChI=1S/C13H20N4O9S/c18-11(14-25-7-9-2-1-5-15(9)13(20)21)10-4-3-8-6-16(10)12(19)17(8)26-27(22,23)24/h8-10H,1-7H2,(H,14,18)(H,20,21)(H,22,23,24)/t8-,9+,10+/m1/s1. The molecule has 27 heavy (non-hydrogen) atoms. The molecule has 0 aromatic rings. The van der Waals surface area contributed by atoms with E-state index in [2.05, 4.69) is 9.76 Å². The van der Waals surface area contributed by atoms with Gasteiger partial charge in [-0.2, -0.15) is 13.5 Å². The fourth-order valence-corrected chi connectivity index (χ4v) is 4.03. The first-order valence-corrected chi connectivity index (χ1v) is 9.72. The van der Waals surface area contributed by atoms with Gasteiger partial charge in [-0.05, 0) is 25.7 Å². The van der Waals surface area contributed by atoms with Crippen LogP contribution in [0.15, 0.2) is 0 Å². The normalized spacial score (nSPS) is 28.0. The Hall–Kier alpha value is -2.16. The molecule has 13 nitrogen and oxygen atoms in total. The van der Waals surface area contributed by atoms with Crippen LogP contribution in [-0.2, 0) is 24.3 Å². The molecule has 14 heteroatoms. The molecule has 3 aliphatic heterocycles. The fraction of sp³-hybridized carbons (Fsp3) is 0.769. The summed E-state index contributed by atoms with van der Waals surface area (Å²) in [6.45, 7) is 0.467. The Morgan fingerprint density at radius 2 is 2.00 bits per heavy atom. The van der Waals surface area contributed by atoms with Crippen molar-refractivity contribution in [1.82, 2.24) is 20.3 Å². The third-order valence-corrected chi connectivity index (χ3v) is 5.22. The first-order valence-electron chi connectivity index (χ1n) is 8.35. The highest BCUT2D eigenvalue weighted by atomic mass is 32.3. The number of carboxylic acid groups (broad SMARTS) is 1. The number of nitrogens with one attached hydrogen (secondary N) is 1.